The SMILES string of the molecule is CC1C(N)CCC[C@H]1N. The van der Waals surface area contributed by atoms with Crippen LogP contribution in [0.3, 0.4) is 0 Å². The van der Waals surface area contributed by atoms with Gasteiger partial charge in [0.05, 0.1) is 0 Å². The Balaban J connectivity index is 2.41. The molecule has 9 heavy (non-hydrogen) atoms. The second-order valence-corrected chi connectivity index (χ2v) is 3.12. The lowest BCUT2D eigenvalue weighted by atomic mass is 9.83. The summed E-state index contributed by atoms with van der Waals surface area (Å²) in [5, 5.41) is 0. The van der Waals surface area contributed by atoms with Gasteiger partial charge in [0.15, 0.2) is 0 Å². The molecule has 54 valence electrons. The number of nitrogens with two attached hydrogens (primary N) is 2. The molecule has 0 aromatic carbocycles. The van der Waals surface area contributed by atoms with Crippen LogP contribution in [0.4, 0.5) is 0 Å². The van der Waals surface area contributed by atoms with Crippen molar-refractivity contribution < 1.29 is 0 Å². The van der Waals surface area contributed by atoms with Gasteiger partial charge in [0.1, 0.15) is 0 Å². The standard InChI is InChI=1S/C7H16N2/c1-5-6(8)3-2-4-7(5)9/h5-7H,2-4,8-9H2,1H3/t5?,6-,7?/m1/s1. The van der Waals surface area contributed by atoms with Crippen molar-refractivity contribution in [3.63, 3.8) is 0 Å². The van der Waals surface area contributed by atoms with Crippen LogP contribution >= 0.6 is 0 Å². The average molecular weight is 128 g/mol. The Bertz CT molecular complexity index is 82.9. The fourth-order valence-corrected chi connectivity index (χ4v) is 1.43. The van der Waals surface area contributed by atoms with E-state index in [0.717, 1.165) is 12.8 Å². The van der Waals surface area contributed by atoms with Gasteiger partial charge in [-0.1, -0.05) is 13.3 Å². The molecule has 0 bridgehead atoms. The molecule has 1 aliphatic rings. The van der Waals surface area contributed by atoms with Crippen molar-refractivity contribution >= 4 is 0 Å². The van der Waals surface area contributed by atoms with Gasteiger partial charge in [-0.25, -0.2) is 0 Å². The summed E-state index contributed by atoms with van der Waals surface area (Å²) < 4.78 is 0. The minimum Gasteiger partial charge on any atom is -0.327 e. The van der Waals surface area contributed by atoms with E-state index in [4.69, 9.17) is 11.5 Å². The topological polar surface area (TPSA) is 52.0 Å². The molecule has 1 fully saturated rings. The van der Waals surface area contributed by atoms with Gasteiger partial charge in [0, 0.05) is 12.1 Å². The first-order chi connectivity index (χ1) is 4.22. The summed E-state index contributed by atoms with van der Waals surface area (Å²) >= 11 is 0. The summed E-state index contributed by atoms with van der Waals surface area (Å²) in [6, 6.07) is 0.711. The largest absolute Gasteiger partial charge is 0.327 e. The maximum Gasteiger partial charge on any atom is 0.00792 e. The zero-order chi connectivity index (χ0) is 6.85. The minimum atomic E-state index is 0.355. The van der Waals surface area contributed by atoms with Crippen LogP contribution in [0.15, 0.2) is 0 Å². The summed E-state index contributed by atoms with van der Waals surface area (Å²) in [7, 11) is 0. The van der Waals surface area contributed by atoms with Crippen molar-refractivity contribution in [3.8, 4) is 0 Å². The highest BCUT2D eigenvalue weighted by Gasteiger charge is 2.23. The molecule has 0 aromatic heterocycles. The highest BCUT2D eigenvalue weighted by Crippen LogP contribution is 2.20. The van der Waals surface area contributed by atoms with E-state index in [0.29, 0.717) is 18.0 Å². The van der Waals surface area contributed by atoms with Crippen LogP contribution in [-0.2, 0) is 0 Å². The van der Waals surface area contributed by atoms with Crippen molar-refractivity contribution in [2.75, 3.05) is 0 Å². The molecule has 2 heteroatoms. The zero-order valence-corrected chi connectivity index (χ0v) is 6.01. The molecule has 0 heterocycles. The van der Waals surface area contributed by atoms with Crippen LogP contribution in [-0.4, -0.2) is 12.1 Å². The third-order valence-corrected chi connectivity index (χ3v) is 2.43. The monoisotopic (exact) mass is 128 g/mol. The molecule has 0 saturated heterocycles. The van der Waals surface area contributed by atoms with Gasteiger partial charge in [-0.3, -0.25) is 0 Å². The first kappa shape index (κ1) is 7.03. The van der Waals surface area contributed by atoms with Crippen LogP contribution in [0.1, 0.15) is 26.2 Å². The second-order valence-electron chi connectivity index (χ2n) is 3.12. The van der Waals surface area contributed by atoms with Gasteiger partial charge in [-0.05, 0) is 18.8 Å². The Hall–Kier alpha value is -0.0800. The molecule has 2 unspecified atom stereocenters. The van der Waals surface area contributed by atoms with Crippen molar-refractivity contribution in [2.24, 2.45) is 17.4 Å². The maximum absolute atomic E-state index is 5.79. The Morgan fingerprint density at radius 1 is 1.11 bits per heavy atom. The Kier molecular flexibility index (Phi) is 2.09. The van der Waals surface area contributed by atoms with Crippen molar-refractivity contribution in [1.29, 1.82) is 0 Å². The molecule has 0 radical (unpaired) electrons. The van der Waals surface area contributed by atoms with Gasteiger partial charge < -0.3 is 11.5 Å². The average Bonchev–Trinajstić information content (AvgIpc) is 1.83. The summed E-state index contributed by atoms with van der Waals surface area (Å²) in [5.74, 6) is 0.527. The summed E-state index contributed by atoms with van der Waals surface area (Å²) in [6.07, 6.45) is 3.54. The van der Waals surface area contributed by atoms with E-state index in [2.05, 4.69) is 6.92 Å². The molecule has 4 N–H and O–H groups in total. The smallest absolute Gasteiger partial charge is 0.00792 e. The van der Waals surface area contributed by atoms with Crippen molar-refractivity contribution in [2.45, 2.75) is 38.3 Å². The summed E-state index contributed by atoms with van der Waals surface area (Å²) in [6.45, 7) is 2.15. The maximum atomic E-state index is 5.79. The van der Waals surface area contributed by atoms with Gasteiger partial charge in [-0.15, -0.1) is 0 Å². The first-order valence-corrected chi connectivity index (χ1v) is 3.73. The van der Waals surface area contributed by atoms with Crippen LogP contribution in [0.25, 0.3) is 0 Å². The van der Waals surface area contributed by atoms with Crippen LogP contribution in [0, 0.1) is 5.92 Å². The molecule has 1 saturated carbocycles. The first-order valence-electron chi connectivity index (χ1n) is 3.73. The lowest BCUT2D eigenvalue weighted by molar-refractivity contribution is 0.287. The third kappa shape index (κ3) is 1.43. The lowest BCUT2D eigenvalue weighted by Gasteiger charge is -2.30. The molecule has 0 aliphatic heterocycles. The van der Waals surface area contributed by atoms with E-state index in [1.807, 2.05) is 0 Å². The summed E-state index contributed by atoms with van der Waals surface area (Å²) in [5.41, 5.74) is 11.6. The summed E-state index contributed by atoms with van der Waals surface area (Å²) in [4.78, 5) is 0. The van der Waals surface area contributed by atoms with Crippen LogP contribution in [0.2, 0.25) is 0 Å². The molecular weight excluding hydrogens is 112 g/mol. The normalized spacial score (nSPS) is 45.0. The Morgan fingerprint density at radius 2 is 1.56 bits per heavy atom. The van der Waals surface area contributed by atoms with Gasteiger partial charge in [0.25, 0.3) is 0 Å². The van der Waals surface area contributed by atoms with Crippen molar-refractivity contribution in [1.82, 2.24) is 0 Å². The molecule has 1 rings (SSSR count). The fourth-order valence-electron chi connectivity index (χ4n) is 1.43. The molecular formula is C7H16N2. The number of hydrogen-bond donors (Lipinski definition) is 2. The predicted octanol–water partition coefficient (Wildman–Crippen LogP) is 0.461. The molecule has 0 aromatic rings. The lowest BCUT2D eigenvalue weighted by Crippen LogP contribution is -2.44. The molecule has 2 nitrogen and oxygen atoms in total. The fraction of sp³-hybridized carbons (Fsp3) is 1.00. The number of hydrogen-bond acceptors (Lipinski definition) is 2. The molecule has 0 amide bonds. The minimum absolute atomic E-state index is 0.355. The van der Waals surface area contributed by atoms with E-state index < -0.39 is 0 Å². The van der Waals surface area contributed by atoms with E-state index in [1.165, 1.54) is 6.42 Å². The Morgan fingerprint density at radius 3 is 1.89 bits per heavy atom. The van der Waals surface area contributed by atoms with E-state index in [-0.39, 0.29) is 0 Å². The quantitative estimate of drug-likeness (QED) is 0.498. The van der Waals surface area contributed by atoms with Gasteiger partial charge in [0.2, 0.25) is 0 Å². The molecule has 0 spiro atoms. The Labute approximate surface area is 56.6 Å². The van der Waals surface area contributed by atoms with Crippen LogP contribution < -0.4 is 11.5 Å². The van der Waals surface area contributed by atoms with Crippen molar-refractivity contribution in [3.05, 3.63) is 0 Å². The second kappa shape index (κ2) is 2.67. The third-order valence-electron chi connectivity index (χ3n) is 2.43. The van der Waals surface area contributed by atoms with Gasteiger partial charge in [-0.2, -0.15) is 0 Å². The van der Waals surface area contributed by atoms with E-state index in [1.54, 1.807) is 0 Å². The highest BCUT2D eigenvalue weighted by molar-refractivity contribution is 4.83. The van der Waals surface area contributed by atoms with E-state index >= 15 is 0 Å². The number of rotatable bonds is 0. The van der Waals surface area contributed by atoms with Gasteiger partial charge >= 0.3 is 0 Å². The molecule has 1 aliphatic carbocycles. The molecule has 3 atom stereocenters. The predicted molar refractivity (Wildman–Crippen MR) is 39.0 cm³/mol. The van der Waals surface area contributed by atoms with Crippen LogP contribution in [0.5, 0.6) is 0 Å². The van der Waals surface area contributed by atoms with E-state index in [9.17, 15) is 0 Å². The zero-order valence-electron chi connectivity index (χ0n) is 6.01. The highest BCUT2D eigenvalue weighted by atomic mass is 14.7.